The molecule has 1 rings (SSSR count). The van der Waals surface area contributed by atoms with Gasteiger partial charge >= 0.3 is 5.97 Å². The van der Waals surface area contributed by atoms with Crippen LogP contribution in [0.3, 0.4) is 0 Å². The Morgan fingerprint density at radius 2 is 1.72 bits per heavy atom. The molecule has 0 aromatic heterocycles. The molecule has 100 valence electrons. The van der Waals surface area contributed by atoms with Crippen molar-refractivity contribution in [1.82, 2.24) is 0 Å². The Bertz CT molecular complexity index is 522. The van der Waals surface area contributed by atoms with Crippen molar-refractivity contribution in [3.05, 3.63) is 29.3 Å². The third-order valence-corrected chi connectivity index (χ3v) is 5.48. The second kappa shape index (κ2) is 5.71. The number of hydrogen-bond donors (Lipinski definition) is 0. The lowest BCUT2D eigenvalue weighted by Gasteiger charge is -2.18. The lowest BCUT2D eigenvalue weighted by molar-refractivity contribution is -0.144. The molecule has 1 aromatic rings. The number of carbonyl (C=O) groups is 1. The van der Waals surface area contributed by atoms with Gasteiger partial charge in [-0.25, -0.2) is 8.42 Å². The number of sulfone groups is 1. The Morgan fingerprint density at radius 1 is 1.22 bits per heavy atom. The number of esters is 1. The van der Waals surface area contributed by atoms with Crippen molar-refractivity contribution < 1.29 is 17.9 Å². The Balaban J connectivity index is 3.07. The molecule has 0 saturated heterocycles. The first-order valence-electron chi connectivity index (χ1n) is 5.38. The van der Waals surface area contributed by atoms with E-state index >= 15 is 0 Å². The van der Waals surface area contributed by atoms with Gasteiger partial charge in [0.15, 0.2) is 9.84 Å². The minimum atomic E-state index is -3.57. The number of rotatable bonds is 4. The predicted octanol–water partition coefficient (Wildman–Crippen LogP) is 2.31. The fourth-order valence-electron chi connectivity index (χ4n) is 1.49. The van der Waals surface area contributed by atoms with Crippen molar-refractivity contribution in [3.8, 4) is 0 Å². The summed E-state index contributed by atoms with van der Waals surface area (Å²) in [6.07, 6.45) is 0. The highest BCUT2D eigenvalue weighted by molar-refractivity contribution is 7.92. The van der Waals surface area contributed by atoms with Crippen molar-refractivity contribution in [2.45, 2.75) is 24.0 Å². The summed E-state index contributed by atoms with van der Waals surface area (Å²) < 4.78 is 29.1. The quantitative estimate of drug-likeness (QED) is 0.799. The van der Waals surface area contributed by atoms with Crippen molar-refractivity contribution >= 4 is 27.4 Å². The first-order valence-corrected chi connectivity index (χ1v) is 7.30. The number of hydrogen-bond acceptors (Lipinski definition) is 4. The van der Waals surface area contributed by atoms with Crippen LogP contribution in [0.1, 0.15) is 13.8 Å². The Labute approximate surface area is 112 Å². The highest BCUT2D eigenvalue weighted by atomic mass is 35.5. The molecule has 0 saturated carbocycles. The molecule has 1 aromatic carbocycles. The van der Waals surface area contributed by atoms with Crippen LogP contribution in [0.2, 0.25) is 5.02 Å². The summed E-state index contributed by atoms with van der Waals surface area (Å²) in [5, 5.41) is -0.395. The molecule has 0 heterocycles. The van der Waals surface area contributed by atoms with Gasteiger partial charge in [0, 0.05) is 5.02 Å². The van der Waals surface area contributed by atoms with Gasteiger partial charge in [-0.3, -0.25) is 4.79 Å². The number of methoxy groups -OCH3 is 1. The smallest absolute Gasteiger partial charge is 0.309 e. The van der Waals surface area contributed by atoms with Crippen LogP contribution in [0.5, 0.6) is 0 Å². The number of benzene rings is 1. The lowest BCUT2D eigenvalue weighted by Crippen LogP contribution is -2.31. The molecule has 0 spiro atoms. The number of carbonyl (C=O) groups excluding carboxylic acids is 1. The molecule has 0 fully saturated rings. The zero-order chi connectivity index (χ0) is 13.9. The molecule has 0 bridgehead atoms. The molecule has 6 heteroatoms. The zero-order valence-electron chi connectivity index (χ0n) is 10.4. The van der Waals surface area contributed by atoms with Gasteiger partial charge in [0.25, 0.3) is 0 Å². The second-order valence-electron chi connectivity index (χ2n) is 4.02. The molecule has 0 radical (unpaired) electrons. The van der Waals surface area contributed by atoms with Crippen LogP contribution in [0.4, 0.5) is 0 Å². The fourth-order valence-corrected chi connectivity index (χ4v) is 3.20. The molecule has 0 amide bonds. The normalized spacial score (nSPS) is 14.9. The lowest BCUT2D eigenvalue weighted by atomic mass is 10.1. The largest absolute Gasteiger partial charge is 0.469 e. The molecule has 2 unspecified atom stereocenters. The van der Waals surface area contributed by atoms with E-state index in [1.54, 1.807) is 0 Å². The van der Waals surface area contributed by atoms with Gasteiger partial charge in [-0.2, -0.15) is 0 Å². The first kappa shape index (κ1) is 15.0. The minimum absolute atomic E-state index is 0.148. The summed E-state index contributed by atoms with van der Waals surface area (Å²) in [7, 11) is -2.33. The molecule has 0 aliphatic heterocycles. The topological polar surface area (TPSA) is 60.4 Å². The zero-order valence-corrected chi connectivity index (χ0v) is 12.0. The van der Waals surface area contributed by atoms with Gasteiger partial charge in [0.2, 0.25) is 0 Å². The van der Waals surface area contributed by atoms with Gasteiger partial charge in [-0.15, -0.1) is 0 Å². The standard InChI is InChI=1S/C12H15ClO4S/c1-8(12(14)17-3)9(2)18(15,16)11-6-4-10(13)5-7-11/h4-9H,1-3H3. The summed E-state index contributed by atoms with van der Waals surface area (Å²) in [4.78, 5) is 11.5. The third kappa shape index (κ3) is 3.03. The first-order chi connectivity index (χ1) is 8.30. The van der Waals surface area contributed by atoms with E-state index in [1.807, 2.05) is 0 Å². The monoisotopic (exact) mass is 290 g/mol. The van der Waals surface area contributed by atoms with Crippen molar-refractivity contribution in [2.75, 3.05) is 7.11 Å². The highest BCUT2D eigenvalue weighted by Gasteiger charge is 2.32. The van der Waals surface area contributed by atoms with E-state index in [9.17, 15) is 13.2 Å². The van der Waals surface area contributed by atoms with Crippen LogP contribution in [-0.4, -0.2) is 26.7 Å². The summed E-state index contributed by atoms with van der Waals surface area (Å²) in [5.41, 5.74) is 0. The van der Waals surface area contributed by atoms with E-state index in [0.717, 1.165) is 0 Å². The van der Waals surface area contributed by atoms with Crippen LogP contribution >= 0.6 is 11.6 Å². The maximum atomic E-state index is 12.3. The van der Waals surface area contributed by atoms with Gasteiger partial charge < -0.3 is 4.74 Å². The number of halogens is 1. The highest BCUT2D eigenvalue weighted by Crippen LogP contribution is 2.23. The van der Waals surface area contributed by atoms with E-state index < -0.39 is 27.0 Å². The average Bonchev–Trinajstić information content (AvgIpc) is 2.36. The van der Waals surface area contributed by atoms with Gasteiger partial charge in [-0.05, 0) is 31.2 Å². The number of ether oxygens (including phenoxy) is 1. The maximum absolute atomic E-state index is 12.3. The van der Waals surface area contributed by atoms with Crippen molar-refractivity contribution in [3.63, 3.8) is 0 Å². The van der Waals surface area contributed by atoms with E-state index in [1.165, 1.54) is 45.2 Å². The molecule has 0 N–H and O–H groups in total. The molecule has 0 aliphatic rings. The fraction of sp³-hybridized carbons (Fsp3) is 0.417. The van der Waals surface area contributed by atoms with E-state index in [-0.39, 0.29) is 4.90 Å². The molecular weight excluding hydrogens is 276 g/mol. The molecule has 2 atom stereocenters. The summed E-state index contributed by atoms with van der Waals surface area (Å²) in [5.74, 6) is -1.27. The summed E-state index contributed by atoms with van der Waals surface area (Å²) in [6.45, 7) is 3.02. The van der Waals surface area contributed by atoms with E-state index in [2.05, 4.69) is 4.74 Å². The third-order valence-electron chi connectivity index (χ3n) is 2.91. The molecule has 18 heavy (non-hydrogen) atoms. The minimum Gasteiger partial charge on any atom is -0.469 e. The molecule has 0 aliphatic carbocycles. The SMILES string of the molecule is COC(=O)C(C)C(C)S(=O)(=O)c1ccc(Cl)cc1. The van der Waals surface area contributed by atoms with Crippen LogP contribution in [0.15, 0.2) is 29.2 Å². The predicted molar refractivity (Wildman–Crippen MR) is 69.3 cm³/mol. The second-order valence-corrected chi connectivity index (χ2v) is 6.76. The van der Waals surface area contributed by atoms with Crippen LogP contribution < -0.4 is 0 Å². The van der Waals surface area contributed by atoms with Crippen molar-refractivity contribution in [2.24, 2.45) is 5.92 Å². The van der Waals surface area contributed by atoms with Crippen LogP contribution in [-0.2, 0) is 19.4 Å². The Hall–Kier alpha value is -1.07. The van der Waals surface area contributed by atoms with Crippen LogP contribution in [0.25, 0.3) is 0 Å². The van der Waals surface area contributed by atoms with Gasteiger partial charge in [0.1, 0.15) is 0 Å². The average molecular weight is 291 g/mol. The van der Waals surface area contributed by atoms with Gasteiger partial charge in [-0.1, -0.05) is 18.5 Å². The van der Waals surface area contributed by atoms with E-state index in [0.29, 0.717) is 5.02 Å². The summed E-state index contributed by atoms with van der Waals surface area (Å²) >= 11 is 5.71. The summed E-state index contributed by atoms with van der Waals surface area (Å²) in [6, 6.07) is 5.87. The Morgan fingerprint density at radius 3 is 2.17 bits per heavy atom. The van der Waals surface area contributed by atoms with Gasteiger partial charge in [0.05, 0.1) is 23.2 Å². The molecular formula is C12H15ClO4S. The van der Waals surface area contributed by atoms with Crippen molar-refractivity contribution in [1.29, 1.82) is 0 Å². The van der Waals surface area contributed by atoms with Crippen LogP contribution in [0, 0.1) is 5.92 Å². The maximum Gasteiger partial charge on any atom is 0.309 e. The molecule has 4 nitrogen and oxygen atoms in total. The van der Waals surface area contributed by atoms with E-state index in [4.69, 9.17) is 11.6 Å². The Kier molecular flexibility index (Phi) is 4.76.